The van der Waals surface area contributed by atoms with Crippen molar-refractivity contribution in [3.8, 4) is 0 Å². The van der Waals surface area contributed by atoms with Crippen molar-refractivity contribution in [3.05, 3.63) is 35.4 Å². The van der Waals surface area contributed by atoms with Crippen LogP contribution < -0.4 is 5.73 Å². The van der Waals surface area contributed by atoms with E-state index in [1.165, 1.54) is 0 Å². The molecule has 0 aliphatic heterocycles. The van der Waals surface area contributed by atoms with Crippen LogP contribution in [0.4, 0.5) is 0 Å². The average molecular weight is 239 g/mol. The third-order valence-corrected chi connectivity index (χ3v) is 2.54. The molecule has 1 aromatic carbocycles. The Morgan fingerprint density at radius 2 is 1.88 bits per heavy atom. The van der Waals surface area contributed by atoms with Crippen LogP contribution in [0, 0.1) is 0 Å². The molecule has 1 aromatic rings. The SMILES string of the molecule is COCC(C)OCC(O)c1ccc(CN)cc1. The van der Waals surface area contributed by atoms with E-state index in [0.717, 1.165) is 11.1 Å². The fourth-order valence-electron chi connectivity index (χ4n) is 1.51. The van der Waals surface area contributed by atoms with Crippen LogP contribution in [0.15, 0.2) is 24.3 Å². The van der Waals surface area contributed by atoms with Crippen LogP contribution in [-0.4, -0.2) is 31.5 Å². The van der Waals surface area contributed by atoms with Gasteiger partial charge < -0.3 is 20.3 Å². The smallest absolute Gasteiger partial charge is 0.102 e. The molecule has 2 unspecified atom stereocenters. The van der Waals surface area contributed by atoms with Crippen molar-refractivity contribution in [1.29, 1.82) is 0 Å². The van der Waals surface area contributed by atoms with E-state index in [-0.39, 0.29) is 12.7 Å². The van der Waals surface area contributed by atoms with Gasteiger partial charge in [-0.1, -0.05) is 24.3 Å². The van der Waals surface area contributed by atoms with Crippen LogP contribution in [-0.2, 0) is 16.0 Å². The molecule has 0 heterocycles. The Kier molecular flexibility index (Phi) is 6.15. The van der Waals surface area contributed by atoms with E-state index in [2.05, 4.69) is 0 Å². The van der Waals surface area contributed by atoms with Gasteiger partial charge in [0.2, 0.25) is 0 Å². The molecule has 3 N–H and O–H groups in total. The lowest BCUT2D eigenvalue weighted by molar-refractivity contribution is -0.0325. The van der Waals surface area contributed by atoms with Gasteiger partial charge in [0.1, 0.15) is 6.10 Å². The Morgan fingerprint density at radius 3 is 2.41 bits per heavy atom. The molecule has 0 radical (unpaired) electrons. The zero-order chi connectivity index (χ0) is 12.7. The highest BCUT2D eigenvalue weighted by molar-refractivity contribution is 5.23. The summed E-state index contributed by atoms with van der Waals surface area (Å²) in [5, 5.41) is 9.90. The fourth-order valence-corrected chi connectivity index (χ4v) is 1.51. The van der Waals surface area contributed by atoms with Crippen molar-refractivity contribution in [2.24, 2.45) is 5.73 Å². The molecule has 0 aliphatic carbocycles. The zero-order valence-corrected chi connectivity index (χ0v) is 10.4. The van der Waals surface area contributed by atoms with Gasteiger partial charge in [-0.3, -0.25) is 0 Å². The first-order chi connectivity index (χ1) is 8.17. The molecule has 4 heteroatoms. The van der Waals surface area contributed by atoms with Crippen molar-refractivity contribution in [2.45, 2.75) is 25.7 Å². The number of benzene rings is 1. The third-order valence-electron chi connectivity index (χ3n) is 2.54. The maximum absolute atomic E-state index is 9.90. The highest BCUT2D eigenvalue weighted by Gasteiger charge is 2.10. The van der Waals surface area contributed by atoms with Crippen molar-refractivity contribution in [3.63, 3.8) is 0 Å². The molecular formula is C13H21NO3. The van der Waals surface area contributed by atoms with Crippen LogP contribution in [0.5, 0.6) is 0 Å². The summed E-state index contributed by atoms with van der Waals surface area (Å²) in [6.07, 6.45) is -0.626. The summed E-state index contributed by atoms with van der Waals surface area (Å²) in [6.45, 7) is 3.22. The molecular weight excluding hydrogens is 218 g/mol. The minimum Gasteiger partial charge on any atom is -0.386 e. The monoisotopic (exact) mass is 239 g/mol. The quantitative estimate of drug-likeness (QED) is 0.751. The molecule has 0 saturated carbocycles. The second-order valence-electron chi connectivity index (χ2n) is 4.06. The molecule has 0 fully saturated rings. The standard InChI is InChI=1S/C13H21NO3/c1-10(8-16-2)17-9-13(15)12-5-3-11(7-14)4-6-12/h3-6,10,13,15H,7-9,14H2,1-2H3. The van der Waals surface area contributed by atoms with Gasteiger partial charge in [0.25, 0.3) is 0 Å². The van der Waals surface area contributed by atoms with Gasteiger partial charge in [0, 0.05) is 13.7 Å². The second kappa shape index (κ2) is 7.40. The van der Waals surface area contributed by atoms with Gasteiger partial charge in [0.05, 0.1) is 19.3 Å². The largest absolute Gasteiger partial charge is 0.386 e. The molecule has 96 valence electrons. The number of hydrogen-bond donors (Lipinski definition) is 2. The number of nitrogens with two attached hydrogens (primary N) is 1. The topological polar surface area (TPSA) is 64.7 Å². The summed E-state index contributed by atoms with van der Waals surface area (Å²) in [7, 11) is 1.63. The number of methoxy groups -OCH3 is 1. The molecule has 0 spiro atoms. The van der Waals surface area contributed by atoms with Gasteiger partial charge >= 0.3 is 0 Å². The van der Waals surface area contributed by atoms with Crippen molar-refractivity contribution >= 4 is 0 Å². The Hall–Kier alpha value is -0.940. The van der Waals surface area contributed by atoms with E-state index >= 15 is 0 Å². The molecule has 1 rings (SSSR count). The molecule has 0 aliphatic rings. The average Bonchev–Trinajstić information content (AvgIpc) is 2.36. The van der Waals surface area contributed by atoms with Crippen LogP contribution >= 0.6 is 0 Å². The summed E-state index contributed by atoms with van der Waals surface area (Å²) in [5.41, 5.74) is 7.40. The van der Waals surface area contributed by atoms with E-state index in [1.807, 2.05) is 31.2 Å². The van der Waals surface area contributed by atoms with E-state index in [1.54, 1.807) is 7.11 Å². The fraction of sp³-hybridized carbons (Fsp3) is 0.538. The summed E-state index contributed by atoms with van der Waals surface area (Å²) >= 11 is 0. The summed E-state index contributed by atoms with van der Waals surface area (Å²) in [5.74, 6) is 0. The Labute approximate surface area is 102 Å². The van der Waals surface area contributed by atoms with E-state index < -0.39 is 6.10 Å². The maximum atomic E-state index is 9.90. The van der Waals surface area contributed by atoms with Crippen molar-refractivity contribution < 1.29 is 14.6 Å². The van der Waals surface area contributed by atoms with E-state index in [0.29, 0.717) is 13.2 Å². The van der Waals surface area contributed by atoms with Gasteiger partial charge in [0.15, 0.2) is 0 Å². The van der Waals surface area contributed by atoms with Crippen molar-refractivity contribution in [2.75, 3.05) is 20.3 Å². The predicted molar refractivity (Wildman–Crippen MR) is 66.6 cm³/mol. The highest BCUT2D eigenvalue weighted by atomic mass is 16.5. The molecule has 2 atom stereocenters. The highest BCUT2D eigenvalue weighted by Crippen LogP contribution is 2.14. The molecule has 0 saturated heterocycles. The molecule has 0 aromatic heterocycles. The van der Waals surface area contributed by atoms with Crippen LogP contribution in [0.1, 0.15) is 24.2 Å². The maximum Gasteiger partial charge on any atom is 0.102 e. The summed E-state index contributed by atoms with van der Waals surface area (Å²) in [6, 6.07) is 7.57. The number of aliphatic hydroxyl groups excluding tert-OH is 1. The van der Waals surface area contributed by atoms with Gasteiger partial charge in [-0.2, -0.15) is 0 Å². The number of ether oxygens (including phenoxy) is 2. The number of hydrogen-bond acceptors (Lipinski definition) is 4. The summed E-state index contributed by atoms with van der Waals surface area (Å²) < 4.78 is 10.4. The minimum atomic E-state index is -0.610. The van der Waals surface area contributed by atoms with Gasteiger partial charge in [-0.05, 0) is 18.1 Å². The molecule has 17 heavy (non-hydrogen) atoms. The predicted octanol–water partition coefficient (Wildman–Crippen LogP) is 1.23. The van der Waals surface area contributed by atoms with Gasteiger partial charge in [-0.25, -0.2) is 0 Å². The van der Waals surface area contributed by atoms with Crippen LogP contribution in [0.2, 0.25) is 0 Å². The number of aliphatic hydroxyl groups is 1. The lowest BCUT2D eigenvalue weighted by Crippen LogP contribution is -2.18. The number of rotatable bonds is 7. The van der Waals surface area contributed by atoms with Crippen LogP contribution in [0.25, 0.3) is 0 Å². The summed E-state index contributed by atoms with van der Waals surface area (Å²) in [4.78, 5) is 0. The first-order valence-electron chi connectivity index (χ1n) is 5.75. The first-order valence-corrected chi connectivity index (χ1v) is 5.75. The van der Waals surface area contributed by atoms with E-state index in [4.69, 9.17) is 15.2 Å². The Bertz CT molecular complexity index is 313. The molecule has 0 amide bonds. The third kappa shape index (κ3) is 4.83. The Morgan fingerprint density at radius 1 is 1.24 bits per heavy atom. The zero-order valence-electron chi connectivity index (χ0n) is 10.4. The van der Waals surface area contributed by atoms with Crippen LogP contribution in [0.3, 0.4) is 0 Å². The van der Waals surface area contributed by atoms with E-state index in [9.17, 15) is 5.11 Å². The lowest BCUT2D eigenvalue weighted by Gasteiger charge is -2.16. The normalized spacial score (nSPS) is 14.6. The van der Waals surface area contributed by atoms with Crippen molar-refractivity contribution in [1.82, 2.24) is 0 Å². The Balaban J connectivity index is 2.43. The molecule has 0 bridgehead atoms. The molecule has 4 nitrogen and oxygen atoms in total. The lowest BCUT2D eigenvalue weighted by atomic mass is 10.1. The van der Waals surface area contributed by atoms with Gasteiger partial charge in [-0.15, -0.1) is 0 Å². The second-order valence-corrected chi connectivity index (χ2v) is 4.06. The first kappa shape index (κ1) is 14.1. The minimum absolute atomic E-state index is 0.0158.